The third kappa shape index (κ3) is 2.70. The van der Waals surface area contributed by atoms with Gasteiger partial charge in [0.15, 0.2) is 0 Å². The van der Waals surface area contributed by atoms with Gasteiger partial charge in [-0.15, -0.1) is 5.10 Å². The molecule has 0 radical (unpaired) electrons. The van der Waals surface area contributed by atoms with Gasteiger partial charge in [-0.1, -0.05) is 11.4 Å². The van der Waals surface area contributed by atoms with E-state index in [9.17, 15) is 0 Å². The van der Waals surface area contributed by atoms with Crippen LogP contribution < -0.4 is 5.73 Å². The van der Waals surface area contributed by atoms with E-state index in [0.717, 1.165) is 35.7 Å². The van der Waals surface area contributed by atoms with E-state index < -0.39 is 0 Å². The molecule has 92 valence electrons. The van der Waals surface area contributed by atoms with Gasteiger partial charge in [-0.25, -0.2) is 4.98 Å². The summed E-state index contributed by atoms with van der Waals surface area (Å²) in [6.07, 6.45) is 6.41. The van der Waals surface area contributed by atoms with Crippen LogP contribution in [0.5, 0.6) is 0 Å². The minimum absolute atomic E-state index is 0.0154. The van der Waals surface area contributed by atoms with Crippen molar-refractivity contribution in [1.82, 2.24) is 19.1 Å². The molecule has 0 aliphatic heterocycles. The summed E-state index contributed by atoms with van der Waals surface area (Å²) in [5.41, 5.74) is 7.21. The van der Waals surface area contributed by atoms with Crippen LogP contribution in [0.2, 0.25) is 0 Å². The van der Waals surface area contributed by atoms with Crippen molar-refractivity contribution in [2.45, 2.75) is 32.2 Å². The minimum atomic E-state index is 0.0154. The number of nitrogens with zero attached hydrogens (tertiary/aromatic N) is 4. The monoisotopic (exact) mass is 251 g/mol. The van der Waals surface area contributed by atoms with Gasteiger partial charge in [0.2, 0.25) is 0 Å². The quantitative estimate of drug-likeness (QED) is 0.873. The minimum Gasteiger partial charge on any atom is -0.338 e. The van der Waals surface area contributed by atoms with Crippen molar-refractivity contribution in [3.8, 4) is 0 Å². The Morgan fingerprint density at radius 3 is 3.00 bits per heavy atom. The molecule has 2 N–H and O–H groups in total. The molecule has 0 amide bonds. The molecule has 1 atom stereocenters. The number of aryl methyl sites for hydroxylation is 3. The van der Waals surface area contributed by atoms with Crippen molar-refractivity contribution in [2.24, 2.45) is 12.8 Å². The number of aromatic nitrogens is 4. The second kappa shape index (κ2) is 5.37. The maximum absolute atomic E-state index is 6.18. The van der Waals surface area contributed by atoms with E-state index in [1.807, 2.05) is 24.0 Å². The summed E-state index contributed by atoms with van der Waals surface area (Å²) in [5, 5.41) is 4.09. The van der Waals surface area contributed by atoms with Crippen LogP contribution in [0.15, 0.2) is 12.4 Å². The molecule has 2 aromatic heterocycles. The average molecular weight is 251 g/mol. The smallest absolute Gasteiger partial charge is 0.108 e. The van der Waals surface area contributed by atoms with E-state index in [1.165, 1.54) is 11.5 Å². The molecule has 2 heterocycles. The highest BCUT2D eigenvalue weighted by Crippen LogP contribution is 2.22. The first-order valence-corrected chi connectivity index (χ1v) is 6.52. The van der Waals surface area contributed by atoms with Gasteiger partial charge < -0.3 is 10.3 Å². The molecule has 0 spiro atoms. The SMILES string of the molecule is CCc1nnsc1C(N)CCc1nccn1C. The molecule has 0 aliphatic rings. The Morgan fingerprint density at radius 2 is 2.35 bits per heavy atom. The first kappa shape index (κ1) is 12.2. The second-order valence-electron chi connectivity index (χ2n) is 4.04. The van der Waals surface area contributed by atoms with Gasteiger partial charge in [-0.2, -0.15) is 0 Å². The van der Waals surface area contributed by atoms with Crippen molar-refractivity contribution >= 4 is 11.5 Å². The fourth-order valence-corrected chi connectivity index (χ4v) is 2.57. The van der Waals surface area contributed by atoms with Crippen LogP contribution in [-0.4, -0.2) is 19.1 Å². The van der Waals surface area contributed by atoms with Crippen LogP contribution in [0.4, 0.5) is 0 Å². The van der Waals surface area contributed by atoms with Crippen LogP contribution in [-0.2, 0) is 19.9 Å². The van der Waals surface area contributed by atoms with E-state index in [1.54, 1.807) is 0 Å². The van der Waals surface area contributed by atoms with Crippen LogP contribution in [0.3, 0.4) is 0 Å². The Labute approximate surface area is 105 Å². The van der Waals surface area contributed by atoms with Crippen molar-refractivity contribution in [3.63, 3.8) is 0 Å². The Kier molecular flexibility index (Phi) is 3.86. The Hall–Kier alpha value is -1.27. The maximum Gasteiger partial charge on any atom is 0.108 e. The number of imidazole rings is 1. The predicted molar refractivity (Wildman–Crippen MR) is 67.7 cm³/mol. The number of hydrogen-bond donors (Lipinski definition) is 1. The molecule has 2 aromatic rings. The lowest BCUT2D eigenvalue weighted by Gasteiger charge is -2.09. The summed E-state index contributed by atoms with van der Waals surface area (Å²) in [4.78, 5) is 5.40. The van der Waals surface area contributed by atoms with Gasteiger partial charge >= 0.3 is 0 Å². The van der Waals surface area contributed by atoms with Gasteiger partial charge in [-0.05, 0) is 24.4 Å². The lowest BCUT2D eigenvalue weighted by atomic mass is 10.1. The summed E-state index contributed by atoms with van der Waals surface area (Å²) < 4.78 is 5.99. The fraction of sp³-hybridized carbons (Fsp3) is 0.545. The highest BCUT2D eigenvalue weighted by Gasteiger charge is 2.15. The van der Waals surface area contributed by atoms with Gasteiger partial charge in [0.25, 0.3) is 0 Å². The van der Waals surface area contributed by atoms with E-state index in [0.29, 0.717) is 0 Å². The highest BCUT2D eigenvalue weighted by molar-refractivity contribution is 7.05. The predicted octanol–water partition coefficient (Wildman–Crippen LogP) is 1.47. The number of rotatable bonds is 5. The van der Waals surface area contributed by atoms with Crippen LogP contribution in [0.1, 0.15) is 35.8 Å². The van der Waals surface area contributed by atoms with Gasteiger partial charge in [-0.3, -0.25) is 0 Å². The van der Waals surface area contributed by atoms with Gasteiger partial charge in [0.1, 0.15) is 5.82 Å². The number of nitrogens with two attached hydrogens (primary N) is 1. The van der Waals surface area contributed by atoms with E-state index in [-0.39, 0.29) is 6.04 Å². The van der Waals surface area contributed by atoms with E-state index in [2.05, 4.69) is 21.5 Å². The third-order valence-corrected chi connectivity index (χ3v) is 3.76. The molecule has 0 aliphatic carbocycles. The molecule has 2 rings (SSSR count). The van der Waals surface area contributed by atoms with Crippen molar-refractivity contribution in [3.05, 3.63) is 28.8 Å². The average Bonchev–Trinajstić information content (AvgIpc) is 2.94. The van der Waals surface area contributed by atoms with Crippen molar-refractivity contribution in [1.29, 1.82) is 0 Å². The Balaban J connectivity index is 1.98. The molecule has 0 fully saturated rings. The zero-order valence-electron chi connectivity index (χ0n) is 10.1. The molecular weight excluding hydrogens is 234 g/mol. The summed E-state index contributed by atoms with van der Waals surface area (Å²) in [6.45, 7) is 2.08. The van der Waals surface area contributed by atoms with Crippen molar-refractivity contribution < 1.29 is 0 Å². The lowest BCUT2D eigenvalue weighted by molar-refractivity contribution is 0.623. The molecule has 17 heavy (non-hydrogen) atoms. The standard InChI is InChI=1S/C11H17N5S/c1-3-9-11(17-15-14-9)8(12)4-5-10-13-6-7-16(10)2/h6-8H,3-5,12H2,1-2H3. The lowest BCUT2D eigenvalue weighted by Crippen LogP contribution is -2.13. The maximum atomic E-state index is 6.18. The normalized spacial score (nSPS) is 12.9. The summed E-state index contributed by atoms with van der Waals surface area (Å²) >= 11 is 1.41. The van der Waals surface area contributed by atoms with Crippen molar-refractivity contribution in [2.75, 3.05) is 0 Å². The molecule has 0 bridgehead atoms. The van der Waals surface area contributed by atoms with Gasteiger partial charge in [0, 0.05) is 31.9 Å². The topological polar surface area (TPSA) is 69.6 Å². The number of hydrogen-bond acceptors (Lipinski definition) is 5. The second-order valence-corrected chi connectivity index (χ2v) is 4.82. The van der Waals surface area contributed by atoms with Gasteiger partial charge in [0.05, 0.1) is 10.6 Å². The third-order valence-electron chi connectivity index (χ3n) is 2.86. The highest BCUT2D eigenvalue weighted by atomic mass is 32.1. The Bertz CT molecular complexity index is 476. The molecule has 0 aromatic carbocycles. The largest absolute Gasteiger partial charge is 0.338 e. The molecule has 6 heteroatoms. The zero-order chi connectivity index (χ0) is 12.3. The Morgan fingerprint density at radius 1 is 1.53 bits per heavy atom. The fourth-order valence-electron chi connectivity index (χ4n) is 1.80. The first-order chi connectivity index (χ1) is 8.22. The summed E-state index contributed by atoms with van der Waals surface area (Å²) in [6, 6.07) is 0.0154. The zero-order valence-corrected chi connectivity index (χ0v) is 10.9. The van der Waals surface area contributed by atoms with Crippen LogP contribution in [0, 0.1) is 0 Å². The van der Waals surface area contributed by atoms with E-state index in [4.69, 9.17) is 5.73 Å². The summed E-state index contributed by atoms with van der Waals surface area (Å²) in [7, 11) is 2.00. The molecule has 5 nitrogen and oxygen atoms in total. The molecule has 0 saturated heterocycles. The van der Waals surface area contributed by atoms with Crippen LogP contribution in [0.25, 0.3) is 0 Å². The van der Waals surface area contributed by atoms with Crippen LogP contribution >= 0.6 is 11.5 Å². The first-order valence-electron chi connectivity index (χ1n) is 5.75. The molecule has 1 unspecified atom stereocenters. The molecular formula is C11H17N5S. The molecule has 0 saturated carbocycles. The summed E-state index contributed by atoms with van der Waals surface area (Å²) in [5.74, 6) is 1.07. The van der Waals surface area contributed by atoms with E-state index >= 15 is 0 Å².